The van der Waals surface area contributed by atoms with Crippen molar-refractivity contribution < 1.29 is 38.2 Å². The monoisotopic (exact) mass is 789 g/mol. The number of unbranched alkanes of at least 4 members (excludes halogenated alkanes) is 9. The molecule has 11 heteroatoms. The lowest BCUT2D eigenvalue weighted by Gasteiger charge is -2.39. The molecule has 2 aliphatic rings. The molecule has 0 radical (unpaired) electrons. The van der Waals surface area contributed by atoms with E-state index in [2.05, 4.69) is 6.92 Å². The fraction of sp³-hybridized carbons (Fsp3) is 0.630. The number of ether oxygens (including phenoxy) is 3. The number of benzene rings is 2. The van der Waals surface area contributed by atoms with Crippen LogP contribution in [0.15, 0.2) is 36.4 Å². The van der Waals surface area contributed by atoms with Gasteiger partial charge in [0.1, 0.15) is 0 Å². The molecule has 57 heavy (non-hydrogen) atoms. The zero-order chi connectivity index (χ0) is 41.7. The number of hydrogen-bond acceptors (Lipinski definition) is 9. The van der Waals surface area contributed by atoms with Gasteiger partial charge in [-0.1, -0.05) is 97.1 Å². The number of nitrogens with zero attached hydrogens (tertiary/aromatic N) is 2. The van der Waals surface area contributed by atoms with Gasteiger partial charge in [-0.25, -0.2) is 0 Å². The Morgan fingerprint density at radius 1 is 0.614 bits per heavy atom. The Kier molecular flexibility index (Phi) is 17.6. The van der Waals surface area contributed by atoms with Crippen LogP contribution in [0.3, 0.4) is 0 Å². The van der Waals surface area contributed by atoms with Gasteiger partial charge < -0.3 is 19.9 Å². The molecule has 2 heterocycles. The van der Waals surface area contributed by atoms with Gasteiger partial charge in [-0.05, 0) is 71.2 Å². The molecule has 2 aromatic rings. The van der Waals surface area contributed by atoms with Crippen LogP contribution in [0.25, 0.3) is 0 Å². The van der Waals surface area contributed by atoms with E-state index in [1.807, 2.05) is 34.6 Å². The Hall–Kier alpha value is -3.77. The largest absolute Gasteiger partial charge is 0.377 e. The molecule has 2 aromatic carbocycles. The Labute approximate surface area is 340 Å². The molecule has 4 unspecified atom stereocenters. The Morgan fingerprint density at radius 2 is 1.09 bits per heavy atom. The predicted octanol–water partition coefficient (Wildman–Crippen LogP) is 8.54. The maximum Gasteiger partial charge on any atom is 0.262 e. The second-order valence-corrected chi connectivity index (χ2v) is 16.3. The van der Waals surface area contributed by atoms with Crippen LogP contribution in [-0.4, -0.2) is 95.5 Å². The van der Waals surface area contributed by atoms with Crippen LogP contribution in [0.2, 0.25) is 0 Å². The van der Waals surface area contributed by atoms with Crippen molar-refractivity contribution >= 4 is 29.4 Å². The summed E-state index contributed by atoms with van der Waals surface area (Å²) >= 11 is 0. The maximum absolute atomic E-state index is 14.0. The lowest BCUT2D eigenvalue weighted by molar-refractivity contribution is -0.0633. The highest BCUT2D eigenvalue weighted by atomic mass is 16.6. The average Bonchev–Trinajstić information content (AvgIpc) is 3.61. The Bertz CT molecular complexity index is 1700. The van der Waals surface area contributed by atoms with Crippen molar-refractivity contribution in [2.75, 3.05) is 26.4 Å². The van der Waals surface area contributed by atoms with E-state index in [0.717, 1.165) is 30.6 Å². The highest BCUT2D eigenvalue weighted by molar-refractivity contribution is 6.24. The maximum atomic E-state index is 14.0. The summed E-state index contributed by atoms with van der Waals surface area (Å²) in [6.45, 7) is 14.9. The van der Waals surface area contributed by atoms with Gasteiger partial charge in [-0.2, -0.15) is 0 Å². The van der Waals surface area contributed by atoms with Crippen molar-refractivity contribution in [3.63, 3.8) is 0 Å². The Morgan fingerprint density at radius 3 is 1.65 bits per heavy atom. The van der Waals surface area contributed by atoms with Gasteiger partial charge in [0.25, 0.3) is 23.6 Å². The molecule has 0 spiro atoms. The first-order valence-corrected chi connectivity index (χ1v) is 21.5. The van der Waals surface area contributed by atoms with E-state index >= 15 is 0 Å². The second kappa shape index (κ2) is 21.8. The van der Waals surface area contributed by atoms with Crippen LogP contribution >= 0.6 is 0 Å². The van der Waals surface area contributed by atoms with E-state index in [1.165, 1.54) is 74.1 Å². The summed E-state index contributed by atoms with van der Waals surface area (Å²) in [5, 5.41) is 0. The van der Waals surface area contributed by atoms with Crippen LogP contribution in [0, 0.1) is 0 Å². The molecule has 2 N–H and O–H groups in total. The number of imide groups is 2. The highest BCUT2D eigenvalue weighted by Gasteiger charge is 2.47. The van der Waals surface area contributed by atoms with Crippen molar-refractivity contribution in [2.24, 2.45) is 5.73 Å². The van der Waals surface area contributed by atoms with E-state index in [-0.39, 0.29) is 64.5 Å². The third kappa shape index (κ3) is 11.5. The summed E-state index contributed by atoms with van der Waals surface area (Å²) in [6.07, 6.45) is 13.7. The predicted molar refractivity (Wildman–Crippen MR) is 222 cm³/mol. The first-order chi connectivity index (χ1) is 27.3. The molecule has 0 aliphatic carbocycles. The van der Waals surface area contributed by atoms with E-state index in [4.69, 9.17) is 19.9 Å². The van der Waals surface area contributed by atoms with Gasteiger partial charge in [0.2, 0.25) is 0 Å². The molecule has 4 atom stereocenters. The molecule has 4 rings (SSSR count). The van der Waals surface area contributed by atoms with E-state index in [1.54, 1.807) is 19.1 Å². The van der Waals surface area contributed by atoms with E-state index in [9.17, 15) is 24.0 Å². The number of amides is 4. The number of nitrogens with two attached hydrogens (primary N) is 1. The van der Waals surface area contributed by atoms with Gasteiger partial charge >= 0.3 is 0 Å². The molecule has 0 saturated carbocycles. The van der Waals surface area contributed by atoms with E-state index < -0.39 is 29.2 Å². The molecule has 0 aromatic heterocycles. The van der Waals surface area contributed by atoms with Gasteiger partial charge in [0, 0.05) is 17.2 Å². The van der Waals surface area contributed by atoms with Crippen molar-refractivity contribution in [3.05, 3.63) is 69.8 Å². The summed E-state index contributed by atoms with van der Waals surface area (Å²) in [5.74, 6) is -2.06. The minimum absolute atomic E-state index is 0.0531. The van der Waals surface area contributed by atoms with Crippen LogP contribution in [-0.2, 0) is 14.2 Å². The molecule has 2 aliphatic heterocycles. The number of carbonyl (C=O) groups is 5. The highest BCUT2D eigenvalue weighted by Crippen LogP contribution is 2.38. The van der Waals surface area contributed by atoms with Gasteiger partial charge in [-0.3, -0.25) is 33.8 Å². The second-order valence-electron chi connectivity index (χ2n) is 16.3. The third-order valence-corrected chi connectivity index (χ3v) is 11.5. The topological polar surface area (TPSA) is 146 Å². The number of fused-ring (bicyclic) bond motifs is 2. The number of hydrogen-bond donors (Lipinski definition) is 1. The van der Waals surface area contributed by atoms with Crippen LogP contribution in [0.1, 0.15) is 189 Å². The first-order valence-electron chi connectivity index (χ1n) is 21.5. The van der Waals surface area contributed by atoms with Crippen LogP contribution in [0.5, 0.6) is 0 Å². The van der Waals surface area contributed by atoms with Gasteiger partial charge in [0.05, 0.1) is 72.5 Å². The summed E-state index contributed by atoms with van der Waals surface area (Å²) in [4.78, 5) is 71.2. The van der Waals surface area contributed by atoms with E-state index in [0.29, 0.717) is 38.2 Å². The smallest absolute Gasteiger partial charge is 0.262 e. The summed E-state index contributed by atoms with van der Waals surface area (Å²) in [5.41, 5.74) is 6.42. The molecule has 11 nitrogen and oxygen atoms in total. The first kappa shape index (κ1) is 45.9. The van der Waals surface area contributed by atoms with Crippen LogP contribution in [0.4, 0.5) is 0 Å². The zero-order valence-corrected chi connectivity index (χ0v) is 35.5. The van der Waals surface area contributed by atoms with Crippen molar-refractivity contribution in [1.82, 2.24) is 9.80 Å². The molecule has 0 fully saturated rings. The third-order valence-electron chi connectivity index (χ3n) is 11.5. The standard InChI is InChI=1S/C46H67N3O8/c1-8-11-12-13-14-15-16-17-18-19-24-46(9-2,10-3)49-44(53)38-23-21-36(26-40(38)45(49)54)41(50)35-20-22-37-39(25-35)43(52)48(42(37)51)32(5)28-56-34(7)30-57-33(6)29-55-27-31(4)47/h20-23,25-26,31-34H,8-19,24,27-30,47H2,1-7H3. The lowest BCUT2D eigenvalue weighted by atomic mass is 9.84. The van der Waals surface area contributed by atoms with Gasteiger partial charge in [0.15, 0.2) is 5.78 Å². The van der Waals surface area contributed by atoms with Crippen molar-refractivity contribution in [3.8, 4) is 0 Å². The van der Waals surface area contributed by atoms with Crippen molar-refractivity contribution in [2.45, 2.75) is 162 Å². The lowest BCUT2D eigenvalue weighted by Crippen LogP contribution is -2.51. The summed E-state index contributed by atoms with van der Waals surface area (Å²) in [6, 6.07) is 8.45. The SMILES string of the molecule is CCCCCCCCCCCCC(CC)(CC)N1C(=O)c2ccc(C(=O)c3ccc4c(c3)C(=O)N(C(C)COC(C)COC(C)COCC(C)N)C4=O)cc2C1=O. The molecule has 314 valence electrons. The number of rotatable bonds is 27. The Balaban J connectivity index is 1.36. The molecular formula is C46H67N3O8. The minimum Gasteiger partial charge on any atom is -0.377 e. The fourth-order valence-corrected chi connectivity index (χ4v) is 7.95. The average molecular weight is 790 g/mol. The summed E-state index contributed by atoms with van der Waals surface area (Å²) in [7, 11) is 0. The minimum atomic E-state index is -0.596. The quantitative estimate of drug-likeness (QED) is 0.0535. The van der Waals surface area contributed by atoms with Crippen molar-refractivity contribution in [1.29, 1.82) is 0 Å². The number of ketones is 1. The van der Waals surface area contributed by atoms with Gasteiger partial charge in [-0.15, -0.1) is 0 Å². The fourth-order valence-electron chi connectivity index (χ4n) is 7.95. The van der Waals surface area contributed by atoms with Crippen LogP contribution < -0.4 is 5.73 Å². The molecule has 0 bridgehead atoms. The molecular weight excluding hydrogens is 723 g/mol. The molecule has 4 amide bonds. The summed E-state index contributed by atoms with van der Waals surface area (Å²) < 4.78 is 17.2. The number of carbonyl (C=O) groups excluding carboxylic acids is 5. The zero-order valence-electron chi connectivity index (χ0n) is 35.5. The molecule has 0 saturated heterocycles. The normalized spacial score (nSPS) is 16.3.